The van der Waals surface area contributed by atoms with Gasteiger partial charge in [0, 0.05) is 11.3 Å². The van der Waals surface area contributed by atoms with Crippen LogP contribution in [0.4, 0.5) is 5.69 Å². The molecule has 0 aliphatic rings. The van der Waals surface area contributed by atoms with Gasteiger partial charge in [-0.05, 0) is 42.5 Å². The van der Waals surface area contributed by atoms with Crippen LogP contribution in [0.2, 0.25) is 0 Å². The number of amides is 1. The van der Waals surface area contributed by atoms with Crippen molar-refractivity contribution in [2.45, 2.75) is 0 Å². The number of carbonyl (C=O) groups is 1. The molecule has 0 spiro atoms. The summed E-state index contributed by atoms with van der Waals surface area (Å²) < 4.78 is 10.4. The first-order valence-electron chi connectivity index (χ1n) is 7.56. The zero-order valence-corrected chi connectivity index (χ0v) is 12.9. The van der Waals surface area contributed by atoms with E-state index in [4.69, 9.17) is 8.83 Å². The van der Waals surface area contributed by atoms with Crippen molar-refractivity contribution in [2.75, 3.05) is 5.32 Å². The van der Waals surface area contributed by atoms with Gasteiger partial charge in [-0.25, -0.2) is 9.78 Å². The molecule has 0 saturated heterocycles. The molecule has 2 aromatic heterocycles. The Hall–Kier alpha value is -3.67. The Morgan fingerprint density at radius 2 is 1.88 bits per heavy atom. The van der Waals surface area contributed by atoms with Gasteiger partial charge in [0.25, 0.3) is 5.91 Å². The van der Waals surface area contributed by atoms with Crippen molar-refractivity contribution >= 4 is 22.5 Å². The van der Waals surface area contributed by atoms with Crippen LogP contribution in [-0.2, 0) is 0 Å². The Morgan fingerprint density at radius 1 is 1.00 bits per heavy atom. The molecule has 25 heavy (non-hydrogen) atoms. The lowest BCUT2D eigenvalue weighted by molar-refractivity contribution is 0.0996. The van der Waals surface area contributed by atoms with Crippen molar-refractivity contribution in [2.24, 2.45) is 0 Å². The van der Waals surface area contributed by atoms with E-state index in [0.29, 0.717) is 22.2 Å². The maximum Gasteiger partial charge on any atom is 0.347 e. The molecule has 4 aromatic rings. The highest BCUT2D eigenvalue weighted by atomic mass is 16.4. The molecule has 0 bridgehead atoms. The lowest BCUT2D eigenvalue weighted by atomic mass is 10.2. The molecule has 0 aliphatic heterocycles. The fourth-order valence-electron chi connectivity index (χ4n) is 2.47. The molecule has 0 radical (unpaired) electrons. The van der Waals surface area contributed by atoms with Crippen LogP contribution in [0.15, 0.2) is 80.6 Å². The average molecular weight is 332 g/mol. The summed E-state index contributed by atoms with van der Waals surface area (Å²) in [6.45, 7) is 0. The molecule has 122 valence electrons. The van der Waals surface area contributed by atoms with Gasteiger partial charge in [-0.2, -0.15) is 0 Å². The first-order chi connectivity index (χ1) is 12.2. The van der Waals surface area contributed by atoms with E-state index in [1.54, 1.807) is 60.7 Å². The predicted molar refractivity (Wildman–Crippen MR) is 92.4 cm³/mol. The Labute approximate surface area is 141 Å². The van der Waals surface area contributed by atoms with Crippen molar-refractivity contribution in [3.63, 3.8) is 0 Å². The zero-order valence-electron chi connectivity index (χ0n) is 12.9. The van der Waals surface area contributed by atoms with E-state index in [9.17, 15) is 9.59 Å². The normalized spacial score (nSPS) is 10.7. The summed E-state index contributed by atoms with van der Waals surface area (Å²) >= 11 is 0. The fourth-order valence-corrected chi connectivity index (χ4v) is 2.47. The first kappa shape index (κ1) is 14.9. The van der Waals surface area contributed by atoms with Gasteiger partial charge in [-0.1, -0.05) is 18.2 Å². The van der Waals surface area contributed by atoms with Crippen molar-refractivity contribution in [1.82, 2.24) is 4.98 Å². The van der Waals surface area contributed by atoms with E-state index in [2.05, 4.69) is 10.3 Å². The number of benzene rings is 2. The lowest BCUT2D eigenvalue weighted by Crippen LogP contribution is -2.10. The number of carbonyl (C=O) groups excluding carboxylic acids is 1. The average Bonchev–Trinajstić information content (AvgIpc) is 3.17. The van der Waals surface area contributed by atoms with Gasteiger partial charge in [-0.3, -0.25) is 4.79 Å². The van der Waals surface area contributed by atoms with E-state index in [1.165, 1.54) is 6.26 Å². The second-order valence-electron chi connectivity index (χ2n) is 5.34. The number of hydrogen-bond acceptors (Lipinski definition) is 5. The summed E-state index contributed by atoms with van der Waals surface area (Å²) in [5.74, 6) is 0.0358. The number of anilines is 1. The minimum absolute atomic E-state index is 0.192. The number of hydrogen-bond donors (Lipinski definition) is 1. The van der Waals surface area contributed by atoms with Crippen LogP contribution in [0.5, 0.6) is 0 Å². The van der Waals surface area contributed by atoms with Gasteiger partial charge in [0.2, 0.25) is 5.89 Å². The molecule has 2 heterocycles. The summed E-state index contributed by atoms with van der Waals surface area (Å²) in [5, 5.41) is 3.15. The SMILES string of the molecule is O=C(Nc1cccc(-c2nc3ccccc3c(=O)o2)c1)c1ccco1. The van der Waals surface area contributed by atoms with Gasteiger partial charge in [0.05, 0.1) is 17.2 Å². The van der Waals surface area contributed by atoms with Gasteiger partial charge in [0.15, 0.2) is 5.76 Å². The van der Waals surface area contributed by atoms with Crippen molar-refractivity contribution in [1.29, 1.82) is 0 Å². The molecular formula is C19H12N2O4. The molecule has 1 N–H and O–H groups in total. The van der Waals surface area contributed by atoms with Gasteiger partial charge in [0.1, 0.15) is 0 Å². The second-order valence-corrected chi connectivity index (χ2v) is 5.34. The highest BCUT2D eigenvalue weighted by Crippen LogP contribution is 2.22. The Balaban J connectivity index is 1.70. The van der Waals surface area contributed by atoms with E-state index in [0.717, 1.165) is 0 Å². The van der Waals surface area contributed by atoms with Crippen LogP contribution in [0, 0.1) is 0 Å². The van der Waals surface area contributed by atoms with Crippen molar-refractivity contribution < 1.29 is 13.6 Å². The third-order valence-electron chi connectivity index (χ3n) is 3.65. The smallest absolute Gasteiger partial charge is 0.347 e. The molecule has 1 amide bonds. The van der Waals surface area contributed by atoms with Crippen molar-refractivity contribution in [3.8, 4) is 11.5 Å². The summed E-state index contributed by atoms with van der Waals surface area (Å²) in [6.07, 6.45) is 1.43. The van der Waals surface area contributed by atoms with E-state index < -0.39 is 5.63 Å². The summed E-state index contributed by atoms with van der Waals surface area (Å²) in [4.78, 5) is 28.5. The topological polar surface area (TPSA) is 85.3 Å². The maximum absolute atomic E-state index is 12.1. The predicted octanol–water partition coefficient (Wildman–Crippen LogP) is 3.70. The standard InChI is InChI=1S/C19H12N2O4/c22-17(16-9-4-10-24-16)20-13-6-3-5-12(11-13)18-21-15-8-2-1-7-14(15)19(23)25-18/h1-11H,(H,20,22). The molecule has 0 fully saturated rings. The number of fused-ring (bicyclic) bond motifs is 1. The molecule has 0 atom stereocenters. The number of para-hydroxylation sites is 1. The highest BCUT2D eigenvalue weighted by molar-refractivity contribution is 6.02. The maximum atomic E-state index is 12.1. The van der Waals surface area contributed by atoms with Crippen LogP contribution in [-0.4, -0.2) is 10.9 Å². The van der Waals surface area contributed by atoms with E-state index in [1.807, 2.05) is 0 Å². The summed E-state index contributed by atoms with van der Waals surface area (Å²) in [6, 6.07) is 17.1. The van der Waals surface area contributed by atoms with Crippen molar-refractivity contribution in [3.05, 3.63) is 83.1 Å². The van der Waals surface area contributed by atoms with Gasteiger partial charge >= 0.3 is 5.63 Å². The molecule has 0 aliphatic carbocycles. The largest absolute Gasteiger partial charge is 0.459 e. The zero-order chi connectivity index (χ0) is 17.2. The molecule has 4 rings (SSSR count). The minimum Gasteiger partial charge on any atom is -0.459 e. The number of furan rings is 1. The third-order valence-corrected chi connectivity index (χ3v) is 3.65. The monoisotopic (exact) mass is 332 g/mol. The number of nitrogens with one attached hydrogen (secondary N) is 1. The first-order valence-corrected chi connectivity index (χ1v) is 7.56. The van der Waals surface area contributed by atoms with Crippen LogP contribution in [0.1, 0.15) is 10.6 Å². The lowest BCUT2D eigenvalue weighted by Gasteiger charge is -2.06. The second kappa shape index (κ2) is 6.09. The Bertz CT molecular complexity index is 1110. The van der Waals surface area contributed by atoms with Gasteiger partial charge in [-0.15, -0.1) is 0 Å². The molecule has 0 saturated carbocycles. The Morgan fingerprint density at radius 3 is 2.72 bits per heavy atom. The highest BCUT2D eigenvalue weighted by Gasteiger charge is 2.11. The summed E-state index contributed by atoms with van der Waals surface area (Å²) in [5.41, 5.74) is 1.22. The van der Waals surface area contributed by atoms with Gasteiger partial charge < -0.3 is 14.2 Å². The number of nitrogens with zero attached hydrogens (tertiary/aromatic N) is 1. The van der Waals surface area contributed by atoms with Crippen LogP contribution in [0.3, 0.4) is 0 Å². The molecule has 2 aromatic carbocycles. The molecule has 6 nitrogen and oxygen atoms in total. The van der Waals surface area contributed by atoms with E-state index in [-0.39, 0.29) is 17.6 Å². The molecular weight excluding hydrogens is 320 g/mol. The van der Waals surface area contributed by atoms with Crippen LogP contribution < -0.4 is 10.9 Å². The number of rotatable bonds is 3. The Kier molecular flexibility index (Phi) is 3.63. The quantitative estimate of drug-likeness (QED) is 0.618. The third kappa shape index (κ3) is 2.92. The van der Waals surface area contributed by atoms with E-state index >= 15 is 0 Å². The summed E-state index contributed by atoms with van der Waals surface area (Å²) in [7, 11) is 0. The molecule has 6 heteroatoms. The van der Waals surface area contributed by atoms with Crippen LogP contribution in [0.25, 0.3) is 22.4 Å². The number of aromatic nitrogens is 1. The molecule has 0 unspecified atom stereocenters. The minimum atomic E-state index is -0.453. The van der Waals surface area contributed by atoms with Crippen LogP contribution >= 0.6 is 0 Å². The fraction of sp³-hybridized carbons (Fsp3) is 0.